The van der Waals surface area contributed by atoms with E-state index in [-0.39, 0.29) is 11.7 Å². The van der Waals surface area contributed by atoms with Crippen LogP contribution in [0.25, 0.3) is 0 Å². The summed E-state index contributed by atoms with van der Waals surface area (Å²) in [5, 5.41) is 14.3. The number of carbonyl (C=O) groups excluding carboxylic acids is 1. The zero-order chi connectivity index (χ0) is 22.1. The average Bonchev–Trinajstić information content (AvgIpc) is 2.78. The molecule has 0 spiro atoms. The Kier molecular flexibility index (Phi) is 8.44. The summed E-state index contributed by atoms with van der Waals surface area (Å²) >= 11 is 0. The summed E-state index contributed by atoms with van der Waals surface area (Å²) in [4.78, 5) is 17.3. The van der Waals surface area contributed by atoms with Gasteiger partial charge in [0.25, 0.3) is 5.91 Å². The van der Waals surface area contributed by atoms with Crippen molar-refractivity contribution in [1.29, 1.82) is 0 Å². The molecule has 0 aromatic heterocycles. The Labute approximate surface area is 185 Å². The van der Waals surface area contributed by atoms with Gasteiger partial charge in [-0.2, -0.15) is 5.10 Å². The first-order chi connectivity index (χ1) is 15.1. The summed E-state index contributed by atoms with van der Waals surface area (Å²) in [6.45, 7) is 11.5. The Balaban J connectivity index is 1.42. The Morgan fingerprint density at radius 1 is 1.06 bits per heavy atom. The molecule has 0 saturated carbocycles. The molecule has 2 aromatic carbocycles. The highest BCUT2D eigenvalue weighted by molar-refractivity contribution is 5.86. The number of hydrogen-bond donors (Lipinski definition) is 4. The van der Waals surface area contributed by atoms with Gasteiger partial charge >= 0.3 is 0 Å². The van der Waals surface area contributed by atoms with Gasteiger partial charge in [-0.15, -0.1) is 0 Å². The second kappa shape index (κ2) is 11.5. The van der Waals surface area contributed by atoms with E-state index in [2.05, 4.69) is 53.5 Å². The molecular formula is C24H35N5O2+2. The smallest absolute Gasteiger partial charge is 0.295 e. The number of hydrogen-bond acceptors (Lipinski definition) is 4. The fraction of sp³-hybridized carbons (Fsp3) is 0.417. The predicted octanol–water partition coefficient (Wildman–Crippen LogP) is -0.328. The topological polar surface area (TPSA) is 73.8 Å². The van der Waals surface area contributed by atoms with Crippen LogP contribution < -0.4 is 20.1 Å². The van der Waals surface area contributed by atoms with E-state index in [1.165, 1.54) is 16.7 Å². The van der Waals surface area contributed by atoms with E-state index < -0.39 is 0 Å². The Morgan fingerprint density at radius 3 is 2.39 bits per heavy atom. The summed E-state index contributed by atoms with van der Waals surface area (Å²) in [6.07, 6.45) is 1.50. The predicted molar refractivity (Wildman–Crippen MR) is 124 cm³/mol. The molecule has 0 bridgehead atoms. The van der Waals surface area contributed by atoms with Crippen molar-refractivity contribution in [2.75, 3.05) is 50.7 Å². The highest BCUT2D eigenvalue weighted by Gasteiger charge is 2.24. The van der Waals surface area contributed by atoms with Crippen LogP contribution in [-0.2, 0) is 11.3 Å². The molecule has 1 aliphatic rings. The molecular weight excluding hydrogens is 390 g/mol. The number of carbonyl (C=O) groups is 1. The lowest BCUT2D eigenvalue weighted by Crippen LogP contribution is -3.28. The monoisotopic (exact) mass is 425 g/mol. The third-order valence-electron chi connectivity index (χ3n) is 5.91. The van der Waals surface area contributed by atoms with Crippen molar-refractivity contribution in [3.8, 4) is 5.75 Å². The van der Waals surface area contributed by atoms with Crippen LogP contribution >= 0.6 is 0 Å². The van der Waals surface area contributed by atoms with Gasteiger partial charge in [0.2, 0.25) is 0 Å². The van der Waals surface area contributed by atoms with E-state index >= 15 is 0 Å². The van der Waals surface area contributed by atoms with Crippen molar-refractivity contribution in [1.82, 2.24) is 5.43 Å². The molecule has 1 aliphatic heterocycles. The number of hydrazone groups is 1. The van der Waals surface area contributed by atoms with Crippen molar-refractivity contribution in [3.63, 3.8) is 0 Å². The van der Waals surface area contributed by atoms with Crippen LogP contribution in [0.4, 0.5) is 5.69 Å². The zero-order valence-electron chi connectivity index (χ0n) is 18.6. The van der Waals surface area contributed by atoms with E-state index in [1.807, 2.05) is 18.2 Å². The van der Waals surface area contributed by atoms with E-state index in [0.29, 0.717) is 12.1 Å². The van der Waals surface area contributed by atoms with Crippen LogP contribution in [0.2, 0.25) is 0 Å². The van der Waals surface area contributed by atoms with Crippen molar-refractivity contribution in [3.05, 3.63) is 59.7 Å². The minimum absolute atomic E-state index is 0.1000. The number of benzene rings is 2. The number of rotatable bonds is 9. The molecule has 3 rings (SSSR count). The number of phenolic OH excluding ortho intramolecular Hbond substituents is 1. The molecule has 1 amide bonds. The lowest BCUT2D eigenvalue weighted by atomic mass is 10.2. The summed E-state index contributed by atoms with van der Waals surface area (Å²) in [5.41, 5.74) is 5.52. The normalized spacial score (nSPS) is 18.8. The Hall–Kier alpha value is -2.90. The minimum Gasteiger partial charge on any atom is -0.507 e. The maximum Gasteiger partial charge on any atom is 0.295 e. The van der Waals surface area contributed by atoms with Gasteiger partial charge in [0, 0.05) is 36.0 Å². The fourth-order valence-electron chi connectivity index (χ4n) is 4.06. The first-order valence-electron chi connectivity index (χ1n) is 11.2. The van der Waals surface area contributed by atoms with Crippen LogP contribution in [-0.4, -0.2) is 63.0 Å². The quantitative estimate of drug-likeness (QED) is 0.329. The molecule has 0 radical (unpaired) electrons. The van der Waals surface area contributed by atoms with Crippen LogP contribution in [0.3, 0.4) is 0 Å². The standard InChI is InChI=1S/C24H33N5O2/c1-3-29(4-2)22-11-10-21(23(30)16-22)17-25-26-24(31)19-28-14-12-27(13-15-28)18-20-8-6-5-7-9-20/h5-11,16-17,30H,3-4,12-15,18-19H2,1-2H3,(H,26,31)/p+2/b25-17+. The van der Waals surface area contributed by atoms with Crippen LogP contribution in [0.5, 0.6) is 5.75 Å². The SMILES string of the molecule is CCN(CC)c1ccc(/C=N/NC(=O)C[NH+]2CC[NH+](Cc3ccccc3)CC2)c(O)c1. The van der Waals surface area contributed by atoms with E-state index in [9.17, 15) is 9.90 Å². The lowest BCUT2D eigenvalue weighted by Gasteiger charge is -2.29. The second-order valence-electron chi connectivity index (χ2n) is 8.05. The van der Waals surface area contributed by atoms with Gasteiger partial charge in [0.05, 0.1) is 6.21 Å². The Morgan fingerprint density at radius 2 is 1.74 bits per heavy atom. The average molecular weight is 426 g/mol. The minimum atomic E-state index is -0.1000. The van der Waals surface area contributed by atoms with Gasteiger partial charge in [0.15, 0.2) is 6.54 Å². The van der Waals surface area contributed by atoms with Crippen LogP contribution in [0, 0.1) is 0 Å². The summed E-state index contributed by atoms with van der Waals surface area (Å²) < 4.78 is 0. The second-order valence-corrected chi connectivity index (χ2v) is 8.05. The van der Waals surface area contributed by atoms with Gasteiger partial charge < -0.3 is 19.8 Å². The van der Waals surface area contributed by atoms with Gasteiger partial charge in [-0.3, -0.25) is 4.79 Å². The third kappa shape index (κ3) is 6.80. The highest BCUT2D eigenvalue weighted by Crippen LogP contribution is 2.23. The van der Waals surface area contributed by atoms with Gasteiger partial charge in [-0.25, -0.2) is 5.43 Å². The zero-order valence-corrected chi connectivity index (χ0v) is 18.6. The van der Waals surface area contributed by atoms with Gasteiger partial charge in [-0.1, -0.05) is 30.3 Å². The van der Waals surface area contributed by atoms with E-state index in [0.717, 1.165) is 51.5 Å². The van der Waals surface area contributed by atoms with Crippen molar-refractivity contribution in [2.24, 2.45) is 5.10 Å². The number of amides is 1. The van der Waals surface area contributed by atoms with E-state index in [1.54, 1.807) is 11.0 Å². The summed E-state index contributed by atoms with van der Waals surface area (Å²) in [5.74, 6) is 0.0579. The number of anilines is 1. The summed E-state index contributed by atoms with van der Waals surface area (Å²) in [7, 11) is 0. The molecule has 4 N–H and O–H groups in total. The molecule has 0 atom stereocenters. The Bertz CT molecular complexity index is 860. The van der Waals surface area contributed by atoms with Crippen molar-refractivity contribution in [2.45, 2.75) is 20.4 Å². The fourth-order valence-corrected chi connectivity index (χ4v) is 4.06. The van der Waals surface area contributed by atoms with E-state index in [4.69, 9.17) is 0 Å². The first kappa shape index (κ1) is 22.8. The molecule has 7 nitrogen and oxygen atoms in total. The van der Waals surface area contributed by atoms with Gasteiger partial charge in [0.1, 0.15) is 38.5 Å². The van der Waals surface area contributed by atoms with Gasteiger partial charge in [-0.05, 0) is 26.0 Å². The number of nitrogens with zero attached hydrogens (tertiary/aromatic N) is 2. The number of piperazine rings is 1. The highest BCUT2D eigenvalue weighted by atomic mass is 16.3. The maximum absolute atomic E-state index is 12.3. The molecule has 0 unspecified atom stereocenters. The number of aromatic hydroxyl groups is 1. The molecule has 7 heteroatoms. The number of quaternary nitrogens is 2. The van der Waals surface area contributed by atoms with Crippen LogP contribution in [0.15, 0.2) is 53.6 Å². The van der Waals surface area contributed by atoms with Crippen molar-refractivity contribution < 1.29 is 19.7 Å². The third-order valence-corrected chi connectivity index (χ3v) is 5.91. The van der Waals surface area contributed by atoms with Crippen LogP contribution in [0.1, 0.15) is 25.0 Å². The molecule has 166 valence electrons. The molecule has 1 saturated heterocycles. The number of phenols is 1. The molecule has 0 aliphatic carbocycles. The number of nitrogens with one attached hydrogen (secondary N) is 3. The molecule has 1 fully saturated rings. The maximum atomic E-state index is 12.3. The largest absolute Gasteiger partial charge is 0.507 e. The molecule has 2 aromatic rings. The molecule has 31 heavy (non-hydrogen) atoms. The van der Waals surface area contributed by atoms with Crippen molar-refractivity contribution >= 4 is 17.8 Å². The lowest BCUT2D eigenvalue weighted by molar-refractivity contribution is -1.02. The molecule has 1 heterocycles. The summed E-state index contributed by atoms with van der Waals surface area (Å²) in [6, 6.07) is 16.1. The first-order valence-corrected chi connectivity index (χ1v) is 11.2.